The lowest BCUT2D eigenvalue weighted by Crippen LogP contribution is -2.49. The van der Waals surface area contributed by atoms with Gasteiger partial charge in [-0.15, -0.1) is 0 Å². The quantitative estimate of drug-likeness (QED) is 0.729. The number of rotatable bonds is 6. The highest BCUT2D eigenvalue weighted by Gasteiger charge is 2.46. The van der Waals surface area contributed by atoms with Crippen LogP contribution in [-0.2, 0) is 4.74 Å². The van der Waals surface area contributed by atoms with Gasteiger partial charge in [0.15, 0.2) is 0 Å². The molecule has 0 atom stereocenters. The van der Waals surface area contributed by atoms with E-state index >= 15 is 0 Å². The van der Waals surface area contributed by atoms with Gasteiger partial charge in [0.25, 0.3) is 0 Å². The number of piperazine rings is 1. The topological polar surface area (TPSA) is 52.1 Å². The van der Waals surface area contributed by atoms with Gasteiger partial charge in [-0.2, -0.15) is 0 Å². The molecule has 3 aliphatic heterocycles. The van der Waals surface area contributed by atoms with E-state index in [0.717, 1.165) is 78.2 Å². The van der Waals surface area contributed by atoms with Crippen LogP contribution in [0.15, 0.2) is 24.5 Å². The molecule has 0 unspecified atom stereocenters. The minimum atomic E-state index is -0.288. The number of hydrogen-bond acceptors (Lipinski definition) is 6. The van der Waals surface area contributed by atoms with Gasteiger partial charge in [0.05, 0.1) is 6.54 Å². The van der Waals surface area contributed by atoms with Gasteiger partial charge < -0.3 is 19.4 Å². The third kappa shape index (κ3) is 4.83. The van der Waals surface area contributed by atoms with Crippen LogP contribution >= 0.6 is 0 Å². The third-order valence-electron chi connectivity index (χ3n) is 6.78. The minimum Gasteiger partial charge on any atom is -0.441 e. The molecule has 1 aromatic heterocycles. The first kappa shape index (κ1) is 20.4. The Morgan fingerprint density at radius 3 is 2.38 bits per heavy atom. The van der Waals surface area contributed by atoms with Crippen molar-refractivity contribution in [2.45, 2.75) is 44.8 Å². The maximum atomic E-state index is 12.5. The van der Waals surface area contributed by atoms with Crippen molar-refractivity contribution in [3.63, 3.8) is 0 Å². The Morgan fingerprint density at radius 2 is 1.72 bits per heavy atom. The third-order valence-corrected chi connectivity index (χ3v) is 6.78. The number of hydrogen-bond donors (Lipinski definition) is 0. The molecule has 4 rings (SSSR count). The Hall–Kier alpha value is -1.86. The Labute approximate surface area is 174 Å². The highest BCUT2D eigenvalue weighted by molar-refractivity contribution is 5.70. The summed E-state index contributed by atoms with van der Waals surface area (Å²) in [6.07, 6.45) is 6.37. The molecule has 29 heavy (non-hydrogen) atoms. The maximum Gasteiger partial charge on any atom is 0.410 e. The number of ether oxygens (including phenoxy) is 1. The molecule has 1 amide bonds. The summed E-state index contributed by atoms with van der Waals surface area (Å²) in [7, 11) is 0. The first-order chi connectivity index (χ1) is 14.0. The second-order valence-electron chi connectivity index (χ2n) is 8.99. The maximum absolute atomic E-state index is 12.5. The van der Waals surface area contributed by atoms with Crippen molar-refractivity contribution in [2.75, 3.05) is 63.8 Å². The zero-order valence-electron chi connectivity index (χ0n) is 17.9. The lowest BCUT2D eigenvalue weighted by Gasteiger charge is -2.38. The SMILES string of the molecule is CC(C)N1CCN(CCCN2CC3(CCN(c4ccncc4)CC3)OC2=O)CC1. The van der Waals surface area contributed by atoms with E-state index in [1.807, 2.05) is 29.4 Å². The highest BCUT2D eigenvalue weighted by Crippen LogP contribution is 2.34. The van der Waals surface area contributed by atoms with Crippen LogP contribution < -0.4 is 4.90 Å². The van der Waals surface area contributed by atoms with Gasteiger partial charge in [0, 0.05) is 82.8 Å². The summed E-state index contributed by atoms with van der Waals surface area (Å²) in [6, 6.07) is 4.73. The number of piperidine rings is 1. The van der Waals surface area contributed by atoms with E-state index in [1.165, 1.54) is 5.69 Å². The molecule has 3 aliphatic rings. The number of carbonyl (C=O) groups excluding carboxylic acids is 1. The summed E-state index contributed by atoms with van der Waals surface area (Å²) in [4.78, 5) is 25.9. The molecule has 0 bridgehead atoms. The predicted molar refractivity (Wildman–Crippen MR) is 114 cm³/mol. The molecular formula is C22H35N5O2. The van der Waals surface area contributed by atoms with Gasteiger partial charge in [-0.25, -0.2) is 4.79 Å². The lowest BCUT2D eigenvalue weighted by atomic mass is 9.91. The Bertz CT molecular complexity index is 667. The average molecular weight is 402 g/mol. The summed E-state index contributed by atoms with van der Waals surface area (Å²) in [5.41, 5.74) is 0.914. The van der Waals surface area contributed by atoms with Crippen LogP contribution in [0.4, 0.5) is 10.5 Å². The molecule has 1 spiro atoms. The number of nitrogens with zero attached hydrogens (tertiary/aromatic N) is 5. The van der Waals surface area contributed by atoms with Crippen molar-refractivity contribution in [3.05, 3.63) is 24.5 Å². The summed E-state index contributed by atoms with van der Waals surface area (Å²) < 4.78 is 5.90. The fraction of sp³-hybridized carbons (Fsp3) is 0.727. The first-order valence-corrected chi connectivity index (χ1v) is 11.1. The van der Waals surface area contributed by atoms with Gasteiger partial charge in [-0.1, -0.05) is 0 Å². The summed E-state index contributed by atoms with van der Waals surface area (Å²) in [5.74, 6) is 0. The first-order valence-electron chi connectivity index (χ1n) is 11.1. The van der Waals surface area contributed by atoms with Crippen LogP contribution in [0.1, 0.15) is 33.1 Å². The van der Waals surface area contributed by atoms with E-state index in [9.17, 15) is 4.79 Å². The largest absolute Gasteiger partial charge is 0.441 e. The predicted octanol–water partition coefficient (Wildman–Crippen LogP) is 2.29. The molecule has 7 heteroatoms. The fourth-order valence-electron chi connectivity index (χ4n) is 4.84. The summed E-state index contributed by atoms with van der Waals surface area (Å²) >= 11 is 0. The molecule has 3 saturated heterocycles. The zero-order chi connectivity index (χ0) is 20.3. The standard InChI is InChI=1S/C22H35N5O2/c1-19(2)25-16-14-24(15-17-25)10-3-11-27-18-22(29-21(27)28)6-12-26(13-7-22)20-4-8-23-9-5-20/h4-5,8-9,19H,3,6-7,10-18H2,1-2H3. The van der Waals surface area contributed by atoms with Crippen LogP contribution in [0.3, 0.4) is 0 Å². The van der Waals surface area contributed by atoms with E-state index < -0.39 is 0 Å². The van der Waals surface area contributed by atoms with Crippen LogP contribution in [0, 0.1) is 0 Å². The van der Waals surface area contributed by atoms with E-state index in [0.29, 0.717) is 6.04 Å². The second-order valence-corrected chi connectivity index (χ2v) is 8.99. The van der Waals surface area contributed by atoms with Crippen molar-refractivity contribution in [2.24, 2.45) is 0 Å². The summed E-state index contributed by atoms with van der Waals surface area (Å²) in [6.45, 7) is 13.6. The molecule has 0 saturated carbocycles. The van der Waals surface area contributed by atoms with Crippen molar-refractivity contribution in [3.8, 4) is 0 Å². The molecule has 1 aromatic rings. The molecule has 0 aromatic carbocycles. The van der Waals surface area contributed by atoms with Gasteiger partial charge in [-0.3, -0.25) is 9.88 Å². The Morgan fingerprint density at radius 1 is 1.03 bits per heavy atom. The van der Waals surface area contributed by atoms with Gasteiger partial charge >= 0.3 is 6.09 Å². The molecule has 160 valence electrons. The molecule has 3 fully saturated rings. The molecule has 0 N–H and O–H groups in total. The molecule has 4 heterocycles. The van der Waals surface area contributed by atoms with E-state index in [1.54, 1.807) is 0 Å². The van der Waals surface area contributed by atoms with Crippen LogP contribution in [-0.4, -0.2) is 96.3 Å². The van der Waals surface area contributed by atoms with Crippen molar-refractivity contribution >= 4 is 11.8 Å². The normalized spacial score (nSPS) is 23.2. The van der Waals surface area contributed by atoms with Crippen LogP contribution in [0.25, 0.3) is 0 Å². The van der Waals surface area contributed by atoms with Crippen molar-refractivity contribution < 1.29 is 9.53 Å². The molecule has 0 radical (unpaired) electrons. The average Bonchev–Trinajstić information content (AvgIpc) is 3.04. The Kier molecular flexibility index (Phi) is 6.25. The van der Waals surface area contributed by atoms with Gasteiger partial charge in [-0.05, 0) is 38.9 Å². The fourth-order valence-corrected chi connectivity index (χ4v) is 4.84. The highest BCUT2D eigenvalue weighted by atomic mass is 16.6. The minimum absolute atomic E-state index is 0.119. The molecule has 0 aliphatic carbocycles. The van der Waals surface area contributed by atoms with Gasteiger partial charge in [0.1, 0.15) is 5.60 Å². The molecule has 7 nitrogen and oxygen atoms in total. The number of aromatic nitrogens is 1. The molecular weight excluding hydrogens is 366 g/mol. The number of carbonyl (C=O) groups is 1. The number of amides is 1. The van der Waals surface area contributed by atoms with E-state index in [4.69, 9.17) is 4.74 Å². The van der Waals surface area contributed by atoms with E-state index in [-0.39, 0.29) is 11.7 Å². The van der Waals surface area contributed by atoms with Crippen LogP contribution in [0.5, 0.6) is 0 Å². The van der Waals surface area contributed by atoms with Crippen molar-refractivity contribution in [1.29, 1.82) is 0 Å². The van der Waals surface area contributed by atoms with Crippen LogP contribution in [0.2, 0.25) is 0 Å². The van der Waals surface area contributed by atoms with Crippen molar-refractivity contribution in [1.82, 2.24) is 19.7 Å². The zero-order valence-corrected chi connectivity index (χ0v) is 17.9. The number of pyridine rings is 1. The second kappa shape index (κ2) is 8.88. The van der Waals surface area contributed by atoms with Gasteiger partial charge in [0.2, 0.25) is 0 Å². The summed E-state index contributed by atoms with van der Waals surface area (Å²) in [5, 5.41) is 0. The monoisotopic (exact) mass is 401 g/mol. The smallest absolute Gasteiger partial charge is 0.410 e. The number of anilines is 1. The Balaban J connectivity index is 1.20. The van der Waals surface area contributed by atoms with E-state index in [2.05, 4.69) is 33.5 Å². The lowest BCUT2D eigenvalue weighted by molar-refractivity contribution is 0.0367.